The number of methoxy groups -OCH3 is 1. The van der Waals surface area contributed by atoms with Crippen molar-refractivity contribution in [1.82, 2.24) is 10.6 Å². The fourth-order valence-corrected chi connectivity index (χ4v) is 0.572. The van der Waals surface area contributed by atoms with E-state index < -0.39 is 18.0 Å². The second-order valence-electron chi connectivity index (χ2n) is 2.07. The Morgan fingerprint density at radius 1 is 1.58 bits per heavy atom. The first kappa shape index (κ1) is 10.7. The highest BCUT2D eigenvalue weighted by atomic mass is 16.5. The molecule has 6 nitrogen and oxygen atoms in total. The van der Waals surface area contributed by atoms with Crippen LogP contribution in [0, 0.1) is 0 Å². The smallest absolute Gasteiger partial charge is 0.328 e. The highest BCUT2D eigenvalue weighted by Crippen LogP contribution is 1.84. The van der Waals surface area contributed by atoms with Gasteiger partial charge in [-0.3, -0.25) is 0 Å². The van der Waals surface area contributed by atoms with Gasteiger partial charge in [-0.15, -0.1) is 0 Å². The van der Waals surface area contributed by atoms with Crippen LogP contribution in [-0.2, 0) is 9.53 Å². The summed E-state index contributed by atoms with van der Waals surface area (Å²) in [5, 5.41) is 13.0. The average molecular weight is 176 g/mol. The predicted molar refractivity (Wildman–Crippen MR) is 40.9 cm³/mol. The van der Waals surface area contributed by atoms with E-state index in [4.69, 9.17) is 5.11 Å². The molecular formula is C6H12N2O4. The lowest BCUT2D eigenvalue weighted by Gasteiger charge is -2.12. The molecule has 6 heteroatoms. The second-order valence-corrected chi connectivity index (χ2v) is 2.07. The topological polar surface area (TPSA) is 87.7 Å². The van der Waals surface area contributed by atoms with E-state index in [1.807, 2.05) is 0 Å². The Balaban J connectivity index is 3.95. The van der Waals surface area contributed by atoms with Crippen LogP contribution in [0.2, 0.25) is 0 Å². The molecule has 0 spiro atoms. The molecule has 0 bridgehead atoms. The molecular weight excluding hydrogens is 164 g/mol. The van der Waals surface area contributed by atoms with Gasteiger partial charge in [-0.1, -0.05) is 0 Å². The average Bonchev–Trinajstić information content (AvgIpc) is 2.03. The Morgan fingerprint density at radius 3 is 2.50 bits per heavy atom. The molecule has 0 aliphatic rings. The van der Waals surface area contributed by atoms with Crippen LogP contribution in [0.4, 0.5) is 4.79 Å². The lowest BCUT2D eigenvalue weighted by molar-refractivity contribution is -0.140. The number of urea groups is 1. The molecule has 0 saturated carbocycles. The molecule has 0 aromatic heterocycles. The standard InChI is InChI=1S/C6H12N2O4/c1-7-6(11)8-4(3-12-2)5(9)10/h4H,3H2,1-2H3,(H,9,10)(H2,7,8,11). The Bertz CT molecular complexity index is 169. The lowest BCUT2D eigenvalue weighted by atomic mass is 10.3. The maximum atomic E-state index is 10.7. The fraction of sp³-hybridized carbons (Fsp3) is 0.667. The maximum absolute atomic E-state index is 10.7. The minimum absolute atomic E-state index is 0.0528. The number of carboxylic acids is 1. The Morgan fingerprint density at radius 2 is 2.17 bits per heavy atom. The van der Waals surface area contributed by atoms with E-state index in [0.717, 1.165) is 0 Å². The summed E-state index contributed by atoms with van der Waals surface area (Å²) in [6.07, 6.45) is 0. The summed E-state index contributed by atoms with van der Waals surface area (Å²) < 4.78 is 4.59. The first-order chi connectivity index (χ1) is 5.61. The van der Waals surface area contributed by atoms with E-state index in [-0.39, 0.29) is 6.61 Å². The largest absolute Gasteiger partial charge is 0.480 e. The van der Waals surface area contributed by atoms with Crippen molar-refractivity contribution in [2.24, 2.45) is 0 Å². The molecule has 2 amide bonds. The van der Waals surface area contributed by atoms with Crippen LogP contribution in [0.3, 0.4) is 0 Å². The number of hydrogen-bond donors (Lipinski definition) is 3. The third-order valence-corrected chi connectivity index (χ3v) is 1.16. The minimum Gasteiger partial charge on any atom is -0.480 e. The van der Waals surface area contributed by atoms with Crippen LogP contribution in [0.1, 0.15) is 0 Å². The number of rotatable bonds is 4. The number of carbonyl (C=O) groups is 2. The zero-order valence-electron chi connectivity index (χ0n) is 6.96. The molecule has 0 aromatic carbocycles. The van der Waals surface area contributed by atoms with Gasteiger partial charge in [-0.2, -0.15) is 0 Å². The van der Waals surface area contributed by atoms with Gasteiger partial charge in [-0.05, 0) is 0 Å². The molecule has 0 fully saturated rings. The molecule has 0 aromatic rings. The normalized spacial score (nSPS) is 11.8. The maximum Gasteiger partial charge on any atom is 0.328 e. The molecule has 70 valence electrons. The van der Waals surface area contributed by atoms with Crippen molar-refractivity contribution < 1.29 is 19.4 Å². The number of carboxylic acid groups (broad SMARTS) is 1. The molecule has 0 radical (unpaired) electrons. The van der Waals surface area contributed by atoms with E-state index in [9.17, 15) is 9.59 Å². The molecule has 0 aliphatic heterocycles. The van der Waals surface area contributed by atoms with Crippen LogP contribution in [0.25, 0.3) is 0 Å². The Kier molecular flexibility index (Phi) is 4.78. The molecule has 12 heavy (non-hydrogen) atoms. The molecule has 0 rings (SSSR count). The minimum atomic E-state index is -1.12. The molecule has 1 unspecified atom stereocenters. The number of carbonyl (C=O) groups excluding carboxylic acids is 1. The second kappa shape index (κ2) is 5.36. The lowest BCUT2D eigenvalue weighted by Crippen LogP contribution is -2.47. The summed E-state index contributed by atoms with van der Waals surface area (Å²) in [6.45, 7) is -0.0528. The molecule has 0 aliphatic carbocycles. The quantitative estimate of drug-likeness (QED) is 0.513. The van der Waals surface area contributed by atoms with Crippen molar-refractivity contribution in [3.05, 3.63) is 0 Å². The van der Waals surface area contributed by atoms with Crippen LogP contribution in [0.5, 0.6) is 0 Å². The van der Waals surface area contributed by atoms with Gasteiger partial charge in [0, 0.05) is 14.2 Å². The van der Waals surface area contributed by atoms with Crippen LogP contribution < -0.4 is 10.6 Å². The van der Waals surface area contributed by atoms with E-state index in [1.165, 1.54) is 14.2 Å². The van der Waals surface area contributed by atoms with Gasteiger partial charge < -0.3 is 20.5 Å². The Labute approximate surface area is 69.9 Å². The van der Waals surface area contributed by atoms with Gasteiger partial charge >= 0.3 is 12.0 Å². The SMILES string of the molecule is CNC(=O)NC(COC)C(=O)O. The van der Waals surface area contributed by atoms with Crippen LogP contribution >= 0.6 is 0 Å². The van der Waals surface area contributed by atoms with Crippen molar-refractivity contribution >= 4 is 12.0 Å². The summed E-state index contributed by atoms with van der Waals surface area (Å²) in [7, 11) is 2.77. The van der Waals surface area contributed by atoms with E-state index >= 15 is 0 Å². The highest BCUT2D eigenvalue weighted by molar-refractivity contribution is 5.82. The highest BCUT2D eigenvalue weighted by Gasteiger charge is 2.18. The van der Waals surface area contributed by atoms with Crippen molar-refractivity contribution in [1.29, 1.82) is 0 Å². The molecule has 1 atom stereocenters. The molecule has 0 saturated heterocycles. The molecule has 3 N–H and O–H groups in total. The Hall–Kier alpha value is -1.30. The summed E-state index contributed by atoms with van der Waals surface area (Å²) in [5.74, 6) is -1.12. The van der Waals surface area contributed by atoms with Gasteiger partial charge in [0.25, 0.3) is 0 Å². The van der Waals surface area contributed by atoms with Crippen molar-refractivity contribution in [3.63, 3.8) is 0 Å². The zero-order valence-corrected chi connectivity index (χ0v) is 6.96. The first-order valence-electron chi connectivity index (χ1n) is 3.31. The first-order valence-corrected chi connectivity index (χ1v) is 3.31. The van der Waals surface area contributed by atoms with Crippen LogP contribution in [-0.4, -0.2) is 43.9 Å². The number of nitrogens with one attached hydrogen (secondary N) is 2. The van der Waals surface area contributed by atoms with E-state index in [2.05, 4.69) is 15.4 Å². The van der Waals surface area contributed by atoms with Crippen molar-refractivity contribution in [2.75, 3.05) is 20.8 Å². The monoisotopic (exact) mass is 176 g/mol. The fourth-order valence-electron chi connectivity index (χ4n) is 0.572. The number of amides is 2. The van der Waals surface area contributed by atoms with E-state index in [0.29, 0.717) is 0 Å². The molecule has 0 heterocycles. The van der Waals surface area contributed by atoms with Crippen molar-refractivity contribution in [3.8, 4) is 0 Å². The summed E-state index contributed by atoms with van der Waals surface area (Å²) in [5.41, 5.74) is 0. The summed E-state index contributed by atoms with van der Waals surface area (Å²) in [6, 6.07) is -1.55. The van der Waals surface area contributed by atoms with Crippen molar-refractivity contribution in [2.45, 2.75) is 6.04 Å². The summed E-state index contributed by atoms with van der Waals surface area (Å²) >= 11 is 0. The van der Waals surface area contributed by atoms with Gasteiger partial charge in [0.15, 0.2) is 6.04 Å². The van der Waals surface area contributed by atoms with Gasteiger partial charge in [0.2, 0.25) is 0 Å². The van der Waals surface area contributed by atoms with Crippen LogP contribution in [0.15, 0.2) is 0 Å². The third kappa shape index (κ3) is 3.77. The summed E-state index contributed by atoms with van der Waals surface area (Å²) in [4.78, 5) is 21.1. The third-order valence-electron chi connectivity index (χ3n) is 1.16. The zero-order chi connectivity index (χ0) is 9.56. The van der Waals surface area contributed by atoms with Gasteiger partial charge in [0.1, 0.15) is 0 Å². The number of ether oxygens (including phenoxy) is 1. The number of hydrogen-bond acceptors (Lipinski definition) is 3. The van der Waals surface area contributed by atoms with Gasteiger partial charge in [-0.25, -0.2) is 9.59 Å². The number of aliphatic carboxylic acids is 1. The predicted octanol–water partition coefficient (Wildman–Crippen LogP) is -0.985. The van der Waals surface area contributed by atoms with Gasteiger partial charge in [0.05, 0.1) is 6.61 Å². The van der Waals surface area contributed by atoms with E-state index in [1.54, 1.807) is 0 Å².